The van der Waals surface area contributed by atoms with Crippen molar-refractivity contribution in [2.75, 3.05) is 14.1 Å². The molecule has 0 bridgehead atoms. The molecule has 2 atom stereocenters. The SMILES string of the molecule is CNC1=CCC(NC)(C2OC(=O)c3cc(Cl)ccc32)C=C1. The Labute approximate surface area is 128 Å². The molecule has 1 heterocycles. The summed E-state index contributed by atoms with van der Waals surface area (Å²) < 4.78 is 5.63. The summed E-state index contributed by atoms with van der Waals surface area (Å²) in [6.45, 7) is 0. The number of nitrogens with one attached hydrogen (secondary N) is 2. The number of fused-ring (bicyclic) bond motifs is 1. The second-order valence-corrected chi connectivity index (χ2v) is 5.69. The van der Waals surface area contributed by atoms with Crippen LogP contribution in [0.3, 0.4) is 0 Å². The number of esters is 1. The van der Waals surface area contributed by atoms with Gasteiger partial charge in [0.2, 0.25) is 0 Å². The van der Waals surface area contributed by atoms with Crippen LogP contribution in [0.2, 0.25) is 5.02 Å². The van der Waals surface area contributed by atoms with E-state index >= 15 is 0 Å². The average molecular weight is 305 g/mol. The molecule has 0 aromatic heterocycles. The summed E-state index contributed by atoms with van der Waals surface area (Å²) in [5, 5.41) is 6.97. The summed E-state index contributed by atoms with van der Waals surface area (Å²) in [5.41, 5.74) is 2.06. The number of benzene rings is 1. The van der Waals surface area contributed by atoms with Gasteiger partial charge < -0.3 is 15.4 Å². The number of hydrogen-bond acceptors (Lipinski definition) is 4. The first-order chi connectivity index (χ1) is 10.1. The number of ether oxygens (including phenoxy) is 1. The Balaban J connectivity index is 2.00. The number of likely N-dealkylation sites (N-methyl/N-ethyl adjacent to an activating group) is 2. The lowest BCUT2D eigenvalue weighted by atomic mass is 9.81. The number of hydrogen-bond donors (Lipinski definition) is 2. The highest BCUT2D eigenvalue weighted by Crippen LogP contribution is 2.42. The monoisotopic (exact) mass is 304 g/mol. The minimum atomic E-state index is -0.435. The fraction of sp³-hybridized carbons (Fsp3) is 0.312. The maximum absolute atomic E-state index is 12.1. The highest BCUT2D eigenvalue weighted by molar-refractivity contribution is 6.31. The van der Waals surface area contributed by atoms with E-state index in [4.69, 9.17) is 16.3 Å². The van der Waals surface area contributed by atoms with Gasteiger partial charge in [0, 0.05) is 23.3 Å². The van der Waals surface area contributed by atoms with Crippen molar-refractivity contribution >= 4 is 17.6 Å². The molecule has 0 amide bonds. The molecule has 2 N–H and O–H groups in total. The zero-order chi connectivity index (χ0) is 15.0. The van der Waals surface area contributed by atoms with Gasteiger partial charge in [0.15, 0.2) is 0 Å². The van der Waals surface area contributed by atoms with Gasteiger partial charge in [0.1, 0.15) is 6.10 Å². The molecule has 0 radical (unpaired) electrons. The number of cyclic esters (lactones) is 1. The first-order valence-electron chi connectivity index (χ1n) is 6.86. The molecule has 1 aliphatic heterocycles. The van der Waals surface area contributed by atoms with Crippen LogP contribution in [0.15, 0.2) is 42.1 Å². The molecule has 110 valence electrons. The van der Waals surface area contributed by atoms with Crippen LogP contribution in [0.4, 0.5) is 0 Å². The molecule has 0 saturated heterocycles. The number of carbonyl (C=O) groups is 1. The normalized spacial score (nSPS) is 27.1. The zero-order valence-electron chi connectivity index (χ0n) is 11.9. The molecule has 3 rings (SSSR count). The summed E-state index contributed by atoms with van der Waals surface area (Å²) >= 11 is 5.97. The highest BCUT2D eigenvalue weighted by atomic mass is 35.5. The molecule has 1 aromatic rings. The van der Waals surface area contributed by atoms with Crippen molar-refractivity contribution in [1.82, 2.24) is 10.6 Å². The molecule has 0 fully saturated rings. The van der Waals surface area contributed by atoms with Crippen molar-refractivity contribution in [3.8, 4) is 0 Å². The first kappa shape index (κ1) is 14.2. The molecule has 2 unspecified atom stereocenters. The van der Waals surface area contributed by atoms with E-state index in [0.717, 1.165) is 17.7 Å². The summed E-state index contributed by atoms with van der Waals surface area (Å²) in [4.78, 5) is 12.1. The Morgan fingerprint density at radius 1 is 1.38 bits per heavy atom. The number of allylic oxidation sites excluding steroid dienone is 1. The maximum atomic E-state index is 12.1. The quantitative estimate of drug-likeness (QED) is 0.843. The van der Waals surface area contributed by atoms with Gasteiger partial charge in [-0.15, -0.1) is 0 Å². The molecule has 1 aromatic carbocycles. The Hall–Kier alpha value is -1.78. The van der Waals surface area contributed by atoms with E-state index < -0.39 is 5.54 Å². The van der Waals surface area contributed by atoms with Gasteiger partial charge in [-0.25, -0.2) is 4.79 Å². The smallest absolute Gasteiger partial charge is 0.339 e. The van der Waals surface area contributed by atoms with Crippen molar-refractivity contribution in [2.24, 2.45) is 0 Å². The third kappa shape index (κ3) is 2.24. The lowest BCUT2D eigenvalue weighted by Gasteiger charge is -2.36. The van der Waals surface area contributed by atoms with Gasteiger partial charge >= 0.3 is 5.97 Å². The molecular formula is C16H17ClN2O2. The van der Waals surface area contributed by atoms with E-state index in [9.17, 15) is 4.79 Å². The second kappa shape index (κ2) is 5.20. The summed E-state index contributed by atoms with van der Waals surface area (Å²) in [5.74, 6) is -0.316. The van der Waals surface area contributed by atoms with Crippen molar-refractivity contribution in [1.29, 1.82) is 0 Å². The summed E-state index contributed by atoms with van der Waals surface area (Å²) in [6, 6.07) is 5.33. The topological polar surface area (TPSA) is 50.4 Å². The van der Waals surface area contributed by atoms with Crippen molar-refractivity contribution < 1.29 is 9.53 Å². The van der Waals surface area contributed by atoms with Crippen LogP contribution in [0.5, 0.6) is 0 Å². The zero-order valence-corrected chi connectivity index (χ0v) is 12.7. The van der Waals surface area contributed by atoms with Crippen LogP contribution in [0.1, 0.15) is 28.4 Å². The molecule has 2 aliphatic rings. The van der Waals surface area contributed by atoms with Gasteiger partial charge in [-0.3, -0.25) is 0 Å². The molecule has 0 saturated carbocycles. The predicted octanol–water partition coefficient (Wildman–Crippen LogP) is 2.57. The second-order valence-electron chi connectivity index (χ2n) is 5.25. The third-order valence-corrected chi connectivity index (χ3v) is 4.42. The molecular weight excluding hydrogens is 288 g/mol. The summed E-state index contributed by atoms with van der Waals surface area (Å²) in [6.07, 6.45) is 6.53. The van der Waals surface area contributed by atoms with Gasteiger partial charge in [-0.2, -0.15) is 0 Å². The van der Waals surface area contributed by atoms with Crippen LogP contribution in [0, 0.1) is 0 Å². The third-order valence-electron chi connectivity index (χ3n) is 4.18. The van der Waals surface area contributed by atoms with Crippen LogP contribution < -0.4 is 10.6 Å². The Bertz CT molecular complexity index is 654. The molecule has 0 spiro atoms. The van der Waals surface area contributed by atoms with Gasteiger partial charge in [-0.05, 0) is 31.7 Å². The maximum Gasteiger partial charge on any atom is 0.339 e. The van der Waals surface area contributed by atoms with E-state index in [1.807, 2.05) is 26.2 Å². The molecule has 21 heavy (non-hydrogen) atoms. The van der Waals surface area contributed by atoms with E-state index in [2.05, 4.69) is 22.8 Å². The number of carbonyl (C=O) groups excluding carboxylic acids is 1. The first-order valence-corrected chi connectivity index (χ1v) is 7.24. The van der Waals surface area contributed by atoms with Crippen LogP contribution in [-0.2, 0) is 4.74 Å². The lowest BCUT2D eigenvalue weighted by molar-refractivity contribution is 0.0194. The van der Waals surface area contributed by atoms with Crippen molar-refractivity contribution in [3.05, 3.63) is 58.3 Å². The van der Waals surface area contributed by atoms with E-state index in [1.165, 1.54) is 0 Å². The van der Waals surface area contributed by atoms with E-state index in [1.54, 1.807) is 12.1 Å². The lowest BCUT2D eigenvalue weighted by Crippen LogP contribution is -2.47. The predicted molar refractivity (Wildman–Crippen MR) is 82.3 cm³/mol. The van der Waals surface area contributed by atoms with Crippen molar-refractivity contribution in [3.63, 3.8) is 0 Å². The molecule has 5 heteroatoms. The van der Waals surface area contributed by atoms with Crippen LogP contribution in [0.25, 0.3) is 0 Å². The van der Waals surface area contributed by atoms with Crippen LogP contribution in [-0.4, -0.2) is 25.6 Å². The Morgan fingerprint density at radius 2 is 2.19 bits per heavy atom. The van der Waals surface area contributed by atoms with Gasteiger partial charge in [-0.1, -0.05) is 29.8 Å². The van der Waals surface area contributed by atoms with Crippen molar-refractivity contribution in [2.45, 2.75) is 18.1 Å². The fourth-order valence-corrected chi connectivity index (χ4v) is 3.07. The minimum Gasteiger partial charge on any atom is -0.452 e. The highest BCUT2D eigenvalue weighted by Gasteiger charge is 2.45. The standard InChI is InChI=1S/C16H17ClN2O2/c1-18-11-5-7-16(19-2,8-6-11)14-12-4-3-10(17)9-13(12)15(20)21-14/h3-7,9,14,18-19H,8H2,1-2H3. The van der Waals surface area contributed by atoms with E-state index in [0.29, 0.717) is 10.6 Å². The molecule has 1 aliphatic carbocycles. The van der Waals surface area contributed by atoms with Crippen LogP contribution >= 0.6 is 11.6 Å². The minimum absolute atomic E-state index is 0.316. The average Bonchev–Trinajstić information content (AvgIpc) is 2.84. The summed E-state index contributed by atoms with van der Waals surface area (Å²) in [7, 11) is 3.76. The number of halogens is 1. The Kier molecular flexibility index (Phi) is 3.51. The largest absolute Gasteiger partial charge is 0.452 e. The fourth-order valence-electron chi connectivity index (χ4n) is 2.90. The van der Waals surface area contributed by atoms with Gasteiger partial charge in [0.05, 0.1) is 11.1 Å². The van der Waals surface area contributed by atoms with Gasteiger partial charge in [0.25, 0.3) is 0 Å². The van der Waals surface area contributed by atoms with E-state index in [-0.39, 0.29) is 12.1 Å². The Morgan fingerprint density at radius 3 is 2.81 bits per heavy atom. The number of rotatable bonds is 3. The molecule has 4 nitrogen and oxygen atoms in total.